The third-order valence-corrected chi connectivity index (χ3v) is 6.13. The summed E-state index contributed by atoms with van der Waals surface area (Å²) in [6.07, 6.45) is 3.62. The van der Waals surface area contributed by atoms with Crippen LogP contribution in [0.15, 0.2) is 93.5 Å². The fourth-order valence-electron chi connectivity index (χ4n) is 3.62. The molecule has 2 aromatic heterocycles. The zero-order valence-corrected chi connectivity index (χ0v) is 18.3. The average Bonchev–Trinajstić information content (AvgIpc) is 3.34. The number of hydrogen-bond donors (Lipinski definition) is 1. The van der Waals surface area contributed by atoms with Gasteiger partial charge in [-0.1, -0.05) is 54.1 Å². The molecule has 5 nitrogen and oxygen atoms in total. The molecule has 0 saturated heterocycles. The first-order valence-corrected chi connectivity index (χ1v) is 11.1. The molecule has 0 aliphatic heterocycles. The van der Waals surface area contributed by atoms with Crippen LogP contribution < -0.4 is 0 Å². The number of halogens is 1. The van der Waals surface area contributed by atoms with Crippen LogP contribution in [0.5, 0.6) is 0 Å². The zero-order chi connectivity index (χ0) is 22.1. The summed E-state index contributed by atoms with van der Waals surface area (Å²) in [7, 11) is 0. The van der Waals surface area contributed by atoms with Crippen molar-refractivity contribution in [2.75, 3.05) is 0 Å². The second-order valence-electron chi connectivity index (χ2n) is 7.22. The van der Waals surface area contributed by atoms with Crippen molar-refractivity contribution in [2.45, 2.75) is 11.8 Å². The number of carboxylic acids is 1. The summed E-state index contributed by atoms with van der Waals surface area (Å²) in [6.45, 7) is 0.621. The highest BCUT2D eigenvalue weighted by Gasteiger charge is 2.16. The van der Waals surface area contributed by atoms with Crippen LogP contribution in [0.2, 0.25) is 5.02 Å². The monoisotopic (exact) mass is 460 g/mol. The molecule has 0 aliphatic rings. The highest BCUT2D eigenvalue weighted by Crippen LogP contribution is 2.33. The molecule has 0 amide bonds. The summed E-state index contributed by atoms with van der Waals surface area (Å²) in [5.74, 6) is -1.04. The van der Waals surface area contributed by atoms with Crippen LogP contribution in [0.4, 0.5) is 0 Å². The Morgan fingerprint density at radius 2 is 1.91 bits per heavy atom. The minimum atomic E-state index is -1.04. The van der Waals surface area contributed by atoms with Gasteiger partial charge in [0.1, 0.15) is 10.4 Å². The van der Waals surface area contributed by atoms with Crippen LogP contribution in [0, 0.1) is 0 Å². The lowest BCUT2D eigenvalue weighted by molar-refractivity contribution is -0.131. The zero-order valence-electron chi connectivity index (χ0n) is 16.7. The number of nitrogens with zero attached hydrogens (tertiary/aromatic N) is 2. The molecule has 0 fully saturated rings. The van der Waals surface area contributed by atoms with Crippen LogP contribution in [0.1, 0.15) is 11.1 Å². The first-order chi connectivity index (χ1) is 15.6. The van der Waals surface area contributed by atoms with Gasteiger partial charge in [-0.15, -0.1) is 0 Å². The van der Waals surface area contributed by atoms with E-state index in [4.69, 9.17) is 16.0 Å². The van der Waals surface area contributed by atoms with Crippen molar-refractivity contribution >= 4 is 57.4 Å². The minimum absolute atomic E-state index is 0.127. The number of benzene rings is 3. The molecule has 1 N–H and O–H groups in total. The number of carbonyl (C=O) groups is 1. The lowest BCUT2D eigenvalue weighted by Crippen LogP contribution is -1.98. The van der Waals surface area contributed by atoms with Crippen molar-refractivity contribution in [3.63, 3.8) is 0 Å². The molecular formula is C25H17ClN2O3S. The van der Waals surface area contributed by atoms with Gasteiger partial charge in [0.15, 0.2) is 5.58 Å². The Morgan fingerprint density at radius 3 is 2.72 bits per heavy atom. The summed E-state index contributed by atoms with van der Waals surface area (Å²) in [6, 6.07) is 23.0. The Kier molecular flexibility index (Phi) is 5.47. The largest absolute Gasteiger partial charge is 0.477 e. The molecule has 5 aromatic rings. The third kappa shape index (κ3) is 4.15. The number of aliphatic carboxylic acids is 1. The number of oxazole rings is 1. The van der Waals surface area contributed by atoms with Gasteiger partial charge in [0.05, 0.1) is 0 Å². The maximum Gasteiger partial charge on any atom is 0.342 e. The normalized spacial score (nSPS) is 12.0. The number of thioether (sulfide) groups is 1. The van der Waals surface area contributed by atoms with Gasteiger partial charge in [0, 0.05) is 34.2 Å². The fraction of sp³-hybridized carbons (Fsp3) is 0.0400. The first kappa shape index (κ1) is 20.4. The second kappa shape index (κ2) is 8.57. The maximum atomic E-state index is 12.0. The summed E-state index contributed by atoms with van der Waals surface area (Å²) in [5, 5.41) is 11.8. The Hall–Kier alpha value is -3.48. The summed E-state index contributed by atoms with van der Waals surface area (Å²) >= 11 is 7.14. The SMILES string of the molecule is O=C(O)/C(=C/c1cn(Cc2cccc(Cl)c2)c2ccccc12)Sc1nc2ccccc2o1. The van der Waals surface area contributed by atoms with Crippen LogP contribution in [0.3, 0.4) is 0 Å². The van der Waals surface area contributed by atoms with Crippen LogP contribution in [-0.4, -0.2) is 20.6 Å². The van der Waals surface area contributed by atoms with E-state index in [0.29, 0.717) is 27.9 Å². The molecule has 0 atom stereocenters. The molecule has 158 valence electrons. The molecule has 32 heavy (non-hydrogen) atoms. The summed E-state index contributed by atoms with van der Waals surface area (Å²) < 4.78 is 7.79. The van der Waals surface area contributed by atoms with E-state index < -0.39 is 5.97 Å². The van der Waals surface area contributed by atoms with Crippen molar-refractivity contribution in [3.05, 3.63) is 100 Å². The molecule has 5 rings (SSSR count). The van der Waals surface area contributed by atoms with E-state index in [0.717, 1.165) is 33.8 Å². The second-order valence-corrected chi connectivity index (χ2v) is 8.65. The molecule has 0 spiro atoms. The molecule has 0 radical (unpaired) electrons. The van der Waals surface area contributed by atoms with Crippen LogP contribution >= 0.6 is 23.4 Å². The first-order valence-electron chi connectivity index (χ1n) is 9.87. The summed E-state index contributed by atoms with van der Waals surface area (Å²) in [5.41, 5.74) is 4.20. The van der Waals surface area contributed by atoms with Gasteiger partial charge in [0.2, 0.25) is 0 Å². The molecule has 2 heterocycles. The van der Waals surface area contributed by atoms with Crippen LogP contribution in [0.25, 0.3) is 28.1 Å². The number of hydrogen-bond acceptors (Lipinski definition) is 4. The molecule has 7 heteroatoms. The van der Waals surface area contributed by atoms with Crippen LogP contribution in [-0.2, 0) is 11.3 Å². The lowest BCUT2D eigenvalue weighted by Gasteiger charge is -2.05. The number of fused-ring (bicyclic) bond motifs is 2. The molecule has 0 unspecified atom stereocenters. The highest BCUT2D eigenvalue weighted by molar-refractivity contribution is 8.03. The number of para-hydroxylation sites is 3. The topological polar surface area (TPSA) is 68.3 Å². The molecule has 0 aliphatic carbocycles. The highest BCUT2D eigenvalue weighted by atomic mass is 35.5. The molecular weight excluding hydrogens is 444 g/mol. The van der Waals surface area contributed by atoms with E-state index in [-0.39, 0.29) is 4.91 Å². The van der Waals surface area contributed by atoms with Crippen molar-refractivity contribution in [1.29, 1.82) is 0 Å². The van der Waals surface area contributed by atoms with Gasteiger partial charge in [-0.3, -0.25) is 0 Å². The van der Waals surface area contributed by atoms with Gasteiger partial charge in [-0.2, -0.15) is 0 Å². The number of carboxylic acid groups (broad SMARTS) is 1. The van der Waals surface area contributed by atoms with Gasteiger partial charge in [-0.05, 0) is 53.7 Å². The van der Waals surface area contributed by atoms with Gasteiger partial charge in [0.25, 0.3) is 5.22 Å². The van der Waals surface area contributed by atoms with E-state index in [1.807, 2.05) is 72.9 Å². The van der Waals surface area contributed by atoms with E-state index in [1.165, 1.54) is 0 Å². The van der Waals surface area contributed by atoms with Crippen molar-refractivity contribution in [3.8, 4) is 0 Å². The Balaban J connectivity index is 1.53. The van der Waals surface area contributed by atoms with Crippen molar-refractivity contribution < 1.29 is 14.3 Å². The predicted octanol–water partition coefficient (Wildman–Crippen LogP) is 6.70. The fourth-order valence-corrected chi connectivity index (χ4v) is 4.57. The lowest BCUT2D eigenvalue weighted by atomic mass is 10.1. The predicted molar refractivity (Wildman–Crippen MR) is 128 cm³/mol. The molecule has 0 saturated carbocycles. The Labute approximate surface area is 192 Å². The van der Waals surface area contributed by atoms with Crippen molar-refractivity contribution in [1.82, 2.24) is 9.55 Å². The smallest absolute Gasteiger partial charge is 0.342 e. The number of aromatic nitrogens is 2. The third-order valence-electron chi connectivity index (χ3n) is 5.03. The van der Waals surface area contributed by atoms with Gasteiger partial charge in [-0.25, -0.2) is 9.78 Å². The molecule has 0 bridgehead atoms. The Bertz CT molecular complexity index is 1450. The molecule has 3 aromatic carbocycles. The number of rotatable bonds is 6. The minimum Gasteiger partial charge on any atom is -0.477 e. The van der Waals surface area contributed by atoms with E-state index in [9.17, 15) is 9.90 Å². The van der Waals surface area contributed by atoms with Crippen molar-refractivity contribution in [2.24, 2.45) is 0 Å². The van der Waals surface area contributed by atoms with Gasteiger partial charge >= 0.3 is 5.97 Å². The summed E-state index contributed by atoms with van der Waals surface area (Å²) in [4.78, 5) is 16.5. The maximum absolute atomic E-state index is 12.0. The standard InChI is InChI=1S/C25H17ClN2O3S/c26-18-7-5-6-16(12-18)14-28-15-17(19-8-1-3-10-21(19)28)13-23(24(29)30)32-25-27-20-9-2-4-11-22(20)31-25/h1-13,15H,14H2,(H,29,30)/b23-13-. The van der Waals surface area contributed by atoms with E-state index in [1.54, 1.807) is 12.1 Å². The van der Waals surface area contributed by atoms with E-state index in [2.05, 4.69) is 9.55 Å². The quantitative estimate of drug-likeness (QED) is 0.225. The van der Waals surface area contributed by atoms with E-state index >= 15 is 0 Å². The Morgan fingerprint density at radius 1 is 1.09 bits per heavy atom. The van der Waals surface area contributed by atoms with Gasteiger partial charge < -0.3 is 14.1 Å². The average molecular weight is 461 g/mol.